The molecule has 7 heteroatoms. The molecule has 0 amide bonds. The van der Waals surface area contributed by atoms with Crippen LogP contribution in [0.3, 0.4) is 0 Å². The van der Waals surface area contributed by atoms with Crippen molar-refractivity contribution in [2.24, 2.45) is 0 Å². The van der Waals surface area contributed by atoms with Crippen molar-refractivity contribution in [1.82, 2.24) is 0 Å². The molecule has 0 fully saturated rings. The van der Waals surface area contributed by atoms with Crippen molar-refractivity contribution in [3.63, 3.8) is 0 Å². The summed E-state index contributed by atoms with van der Waals surface area (Å²) in [4.78, 5) is 0. The number of halogens is 3. The molecule has 0 heterocycles. The van der Waals surface area contributed by atoms with Crippen LogP contribution >= 0.6 is 0 Å². The van der Waals surface area contributed by atoms with Gasteiger partial charge < -0.3 is 20.9 Å². The van der Waals surface area contributed by atoms with Crippen molar-refractivity contribution >= 4 is 11.4 Å². The Bertz CT molecular complexity index is 826. The van der Waals surface area contributed by atoms with E-state index < -0.39 is 11.7 Å². The number of rotatable bonds is 4. The Morgan fingerprint density at radius 1 is 0.577 bits per heavy atom. The molecule has 3 rings (SSSR count). The second-order valence-corrected chi connectivity index (χ2v) is 5.53. The molecule has 0 radical (unpaired) electrons. The van der Waals surface area contributed by atoms with Crippen LogP contribution in [0.5, 0.6) is 23.0 Å². The molecule has 0 saturated heterocycles. The molecule has 3 aromatic rings. The number of nitrogen functional groups attached to an aromatic ring is 2. The van der Waals surface area contributed by atoms with Crippen molar-refractivity contribution in [3.05, 3.63) is 72.3 Å². The van der Waals surface area contributed by atoms with E-state index in [1.807, 2.05) is 0 Å². The molecule has 0 unspecified atom stereocenters. The molecular formula is C19H15F3N2O2. The van der Waals surface area contributed by atoms with Crippen LogP contribution < -0.4 is 20.9 Å². The molecule has 0 atom stereocenters. The minimum absolute atomic E-state index is 0.00459. The van der Waals surface area contributed by atoms with E-state index in [1.165, 1.54) is 6.07 Å². The lowest BCUT2D eigenvalue weighted by atomic mass is 10.2. The number of benzene rings is 3. The first kappa shape index (κ1) is 17.5. The first-order chi connectivity index (χ1) is 12.3. The molecule has 3 aromatic carbocycles. The van der Waals surface area contributed by atoms with E-state index in [0.717, 1.165) is 12.1 Å². The molecule has 0 aromatic heterocycles. The summed E-state index contributed by atoms with van der Waals surface area (Å²) in [5.74, 6) is 0.707. The molecule has 0 saturated carbocycles. The van der Waals surface area contributed by atoms with E-state index >= 15 is 0 Å². The molecule has 0 spiro atoms. The number of hydrogen-bond acceptors (Lipinski definition) is 4. The average molecular weight is 360 g/mol. The van der Waals surface area contributed by atoms with Gasteiger partial charge in [0.1, 0.15) is 23.0 Å². The van der Waals surface area contributed by atoms with Crippen molar-refractivity contribution in [2.45, 2.75) is 6.18 Å². The standard InChI is InChI=1S/C19H15F3N2O2/c20-19(21,22)12-9-17(25-15-5-1-13(23)2-6-15)11-18(10-12)26-16-7-3-14(24)4-8-16/h1-11H,23-24H2. The minimum Gasteiger partial charge on any atom is -0.457 e. The van der Waals surface area contributed by atoms with Crippen LogP contribution in [0.4, 0.5) is 24.5 Å². The lowest BCUT2D eigenvalue weighted by molar-refractivity contribution is -0.137. The van der Waals surface area contributed by atoms with Gasteiger partial charge in [0.25, 0.3) is 0 Å². The number of ether oxygens (including phenoxy) is 2. The van der Waals surface area contributed by atoms with Crippen molar-refractivity contribution in [2.75, 3.05) is 11.5 Å². The molecule has 0 bridgehead atoms. The maximum atomic E-state index is 13.2. The van der Waals surface area contributed by atoms with E-state index in [9.17, 15) is 13.2 Å². The van der Waals surface area contributed by atoms with Crippen molar-refractivity contribution in [1.29, 1.82) is 0 Å². The van der Waals surface area contributed by atoms with Gasteiger partial charge in [-0.3, -0.25) is 0 Å². The number of anilines is 2. The van der Waals surface area contributed by atoms with Crippen LogP contribution in [0, 0.1) is 0 Å². The van der Waals surface area contributed by atoms with Crippen LogP contribution in [-0.2, 0) is 6.18 Å². The van der Waals surface area contributed by atoms with Gasteiger partial charge in [-0.05, 0) is 60.7 Å². The van der Waals surface area contributed by atoms with Gasteiger partial charge in [0.05, 0.1) is 5.56 Å². The molecule has 0 aliphatic heterocycles. The Kier molecular flexibility index (Phi) is 4.62. The Morgan fingerprint density at radius 3 is 1.31 bits per heavy atom. The average Bonchev–Trinajstić information content (AvgIpc) is 2.58. The van der Waals surface area contributed by atoms with Gasteiger partial charge in [-0.1, -0.05) is 0 Å². The predicted octanol–water partition coefficient (Wildman–Crippen LogP) is 5.45. The Balaban J connectivity index is 1.93. The molecular weight excluding hydrogens is 345 g/mol. The zero-order valence-corrected chi connectivity index (χ0v) is 13.5. The highest BCUT2D eigenvalue weighted by Crippen LogP contribution is 2.37. The SMILES string of the molecule is Nc1ccc(Oc2cc(Oc3ccc(N)cc3)cc(C(F)(F)F)c2)cc1. The maximum absolute atomic E-state index is 13.2. The van der Waals surface area contributed by atoms with Crippen molar-refractivity contribution < 1.29 is 22.6 Å². The minimum atomic E-state index is -4.54. The highest BCUT2D eigenvalue weighted by molar-refractivity contribution is 5.47. The molecule has 0 aliphatic rings. The van der Waals surface area contributed by atoms with Crippen molar-refractivity contribution in [3.8, 4) is 23.0 Å². The van der Waals surface area contributed by atoms with E-state index in [1.54, 1.807) is 48.5 Å². The van der Waals surface area contributed by atoms with Gasteiger partial charge in [0.2, 0.25) is 0 Å². The summed E-state index contributed by atoms with van der Waals surface area (Å²) in [6.45, 7) is 0. The van der Waals surface area contributed by atoms with Crippen LogP contribution in [-0.4, -0.2) is 0 Å². The Hall–Kier alpha value is -3.35. The quantitative estimate of drug-likeness (QED) is 0.607. The predicted molar refractivity (Wildman–Crippen MR) is 93.3 cm³/mol. The third-order valence-electron chi connectivity index (χ3n) is 3.44. The van der Waals surface area contributed by atoms with Crippen LogP contribution in [0.15, 0.2) is 66.7 Å². The first-order valence-corrected chi connectivity index (χ1v) is 7.59. The number of nitrogens with two attached hydrogens (primary N) is 2. The van der Waals surface area contributed by atoms with Gasteiger partial charge in [-0.25, -0.2) is 0 Å². The zero-order valence-electron chi connectivity index (χ0n) is 13.5. The lowest BCUT2D eigenvalue weighted by Crippen LogP contribution is -2.05. The normalized spacial score (nSPS) is 11.2. The van der Waals surface area contributed by atoms with E-state index in [-0.39, 0.29) is 11.5 Å². The molecule has 4 N–H and O–H groups in total. The molecule has 0 aliphatic carbocycles. The summed E-state index contributed by atoms with van der Waals surface area (Å²) in [6.07, 6.45) is -4.54. The second kappa shape index (κ2) is 6.87. The summed E-state index contributed by atoms with van der Waals surface area (Å²) < 4.78 is 50.6. The van der Waals surface area contributed by atoms with Crippen LogP contribution in [0.25, 0.3) is 0 Å². The molecule has 134 valence electrons. The second-order valence-electron chi connectivity index (χ2n) is 5.53. The maximum Gasteiger partial charge on any atom is 0.416 e. The molecule has 4 nitrogen and oxygen atoms in total. The van der Waals surface area contributed by atoms with Gasteiger partial charge in [-0.2, -0.15) is 13.2 Å². The topological polar surface area (TPSA) is 70.5 Å². The number of hydrogen-bond donors (Lipinski definition) is 2. The highest BCUT2D eigenvalue weighted by Gasteiger charge is 2.32. The van der Waals surface area contributed by atoms with Gasteiger partial charge in [-0.15, -0.1) is 0 Å². The van der Waals surface area contributed by atoms with E-state index in [4.69, 9.17) is 20.9 Å². The van der Waals surface area contributed by atoms with Gasteiger partial charge in [0.15, 0.2) is 0 Å². The third kappa shape index (κ3) is 4.38. The Morgan fingerprint density at radius 2 is 0.962 bits per heavy atom. The fraction of sp³-hybridized carbons (Fsp3) is 0.0526. The zero-order chi connectivity index (χ0) is 18.7. The monoisotopic (exact) mass is 360 g/mol. The van der Waals surface area contributed by atoms with Crippen LogP contribution in [0.1, 0.15) is 5.56 Å². The summed E-state index contributed by atoms with van der Waals surface area (Å²) in [7, 11) is 0. The summed E-state index contributed by atoms with van der Waals surface area (Å²) >= 11 is 0. The van der Waals surface area contributed by atoms with Crippen LogP contribution in [0.2, 0.25) is 0 Å². The third-order valence-corrected chi connectivity index (χ3v) is 3.44. The van der Waals surface area contributed by atoms with Gasteiger partial charge in [0, 0.05) is 17.4 Å². The number of alkyl halides is 3. The fourth-order valence-electron chi connectivity index (χ4n) is 2.20. The first-order valence-electron chi connectivity index (χ1n) is 7.59. The van der Waals surface area contributed by atoms with Gasteiger partial charge >= 0.3 is 6.18 Å². The molecule has 26 heavy (non-hydrogen) atoms. The smallest absolute Gasteiger partial charge is 0.416 e. The summed E-state index contributed by atoms with van der Waals surface area (Å²) in [5, 5.41) is 0. The summed E-state index contributed by atoms with van der Waals surface area (Å²) in [6, 6.07) is 15.8. The van der Waals surface area contributed by atoms with E-state index in [0.29, 0.717) is 22.9 Å². The lowest BCUT2D eigenvalue weighted by Gasteiger charge is -2.14. The fourth-order valence-corrected chi connectivity index (χ4v) is 2.20. The van der Waals surface area contributed by atoms with E-state index in [2.05, 4.69) is 0 Å². The summed E-state index contributed by atoms with van der Waals surface area (Å²) in [5.41, 5.74) is 11.3. The Labute approximate surface area is 147 Å². The largest absolute Gasteiger partial charge is 0.457 e. The highest BCUT2D eigenvalue weighted by atomic mass is 19.4.